The van der Waals surface area contributed by atoms with Gasteiger partial charge in [-0.05, 0) is 17.7 Å². The highest BCUT2D eigenvalue weighted by Gasteiger charge is 2.03. The van der Waals surface area contributed by atoms with Crippen LogP contribution in [0.4, 0.5) is 0 Å². The lowest BCUT2D eigenvalue weighted by Gasteiger charge is -1.96. The van der Waals surface area contributed by atoms with E-state index in [0.717, 1.165) is 5.56 Å². The average Bonchev–Trinajstić information content (AvgIpc) is 2.69. The van der Waals surface area contributed by atoms with E-state index in [0.29, 0.717) is 24.3 Å². The number of nitrogens with zero attached hydrogens (tertiary/aromatic N) is 1. The predicted octanol–water partition coefficient (Wildman–Crippen LogP) is 1.78. The monoisotopic (exact) mass is 203 g/mol. The molecule has 4 heteroatoms. The number of aromatic nitrogens is 1. The molecule has 1 N–H and O–H groups in total. The van der Waals surface area contributed by atoms with Crippen molar-refractivity contribution in [3.8, 4) is 5.75 Å². The number of phenolic OH excluding ortho intramolecular Hbond substituents is 1. The normalized spacial score (nSPS) is 10.1. The fourth-order valence-corrected chi connectivity index (χ4v) is 1.25. The molecule has 2 rings (SSSR count). The van der Waals surface area contributed by atoms with Crippen molar-refractivity contribution in [2.24, 2.45) is 0 Å². The van der Waals surface area contributed by atoms with Crippen molar-refractivity contribution in [2.75, 3.05) is 0 Å². The van der Waals surface area contributed by atoms with E-state index in [1.165, 1.54) is 6.26 Å². The Kier molecular flexibility index (Phi) is 2.49. The molecule has 2 aromatic rings. The van der Waals surface area contributed by atoms with E-state index in [4.69, 9.17) is 9.52 Å². The summed E-state index contributed by atoms with van der Waals surface area (Å²) in [7, 11) is 0. The molecule has 0 atom stereocenters. The van der Waals surface area contributed by atoms with E-state index in [1.807, 2.05) is 0 Å². The molecule has 15 heavy (non-hydrogen) atoms. The highest BCUT2D eigenvalue weighted by molar-refractivity contribution is 5.70. The summed E-state index contributed by atoms with van der Waals surface area (Å²) in [5.41, 5.74) is 1.26. The highest BCUT2D eigenvalue weighted by atomic mass is 16.3. The number of phenols is 1. The first-order chi connectivity index (χ1) is 7.28. The summed E-state index contributed by atoms with van der Waals surface area (Å²) < 4.78 is 5.08. The number of rotatable bonds is 3. The first-order valence-corrected chi connectivity index (χ1v) is 4.45. The molecule has 0 aliphatic carbocycles. The number of hydrogen-bond donors (Lipinski definition) is 1. The van der Waals surface area contributed by atoms with Crippen molar-refractivity contribution < 1.29 is 14.3 Å². The molecule has 0 radical (unpaired) electrons. The van der Waals surface area contributed by atoms with Gasteiger partial charge in [0, 0.05) is 6.42 Å². The SMILES string of the molecule is O=Cc1coc(Cc2ccc(O)cc2)n1. The number of aromatic hydroxyl groups is 1. The molecule has 1 aromatic heterocycles. The Hall–Kier alpha value is -2.10. The summed E-state index contributed by atoms with van der Waals surface area (Å²) in [6.45, 7) is 0. The van der Waals surface area contributed by atoms with Crippen LogP contribution in [-0.4, -0.2) is 16.4 Å². The summed E-state index contributed by atoms with van der Waals surface area (Å²) in [5, 5.41) is 9.08. The Labute approximate surface area is 86.2 Å². The molecule has 76 valence electrons. The van der Waals surface area contributed by atoms with E-state index in [-0.39, 0.29) is 5.75 Å². The van der Waals surface area contributed by atoms with Crippen LogP contribution in [0.2, 0.25) is 0 Å². The Morgan fingerprint density at radius 1 is 1.33 bits per heavy atom. The molecule has 4 nitrogen and oxygen atoms in total. The maximum Gasteiger partial charge on any atom is 0.199 e. The maximum absolute atomic E-state index is 10.4. The van der Waals surface area contributed by atoms with Crippen LogP contribution < -0.4 is 0 Å². The Morgan fingerprint density at radius 2 is 2.07 bits per heavy atom. The smallest absolute Gasteiger partial charge is 0.199 e. The summed E-state index contributed by atoms with van der Waals surface area (Å²) in [6.07, 6.45) is 2.47. The van der Waals surface area contributed by atoms with Gasteiger partial charge >= 0.3 is 0 Å². The summed E-state index contributed by atoms with van der Waals surface area (Å²) in [6, 6.07) is 6.75. The second-order valence-corrected chi connectivity index (χ2v) is 3.13. The van der Waals surface area contributed by atoms with Crippen molar-refractivity contribution in [3.63, 3.8) is 0 Å². The molecule has 0 aliphatic rings. The Bertz CT molecular complexity index is 459. The van der Waals surface area contributed by atoms with Crippen LogP contribution in [0.5, 0.6) is 5.75 Å². The lowest BCUT2D eigenvalue weighted by molar-refractivity contribution is 0.111. The van der Waals surface area contributed by atoms with Gasteiger partial charge in [-0.3, -0.25) is 4.79 Å². The number of benzene rings is 1. The minimum atomic E-state index is 0.222. The molecular weight excluding hydrogens is 194 g/mol. The topological polar surface area (TPSA) is 63.3 Å². The predicted molar refractivity (Wildman–Crippen MR) is 52.8 cm³/mol. The van der Waals surface area contributed by atoms with E-state index >= 15 is 0 Å². The van der Waals surface area contributed by atoms with Gasteiger partial charge in [0.1, 0.15) is 17.7 Å². The molecule has 0 unspecified atom stereocenters. The van der Waals surface area contributed by atoms with Gasteiger partial charge in [0.05, 0.1) is 0 Å². The molecule has 1 aromatic carbocycles. The quantitative estimate of drug-likeness (QED) is 0.772. The molecule has 0 bridgehead atoms. The van der Waals surface area contributed by atoms with Gasteiger partial charge < -0.3 is 9.52 Å². The summed E-state index contributed by atoms with van der Waals surface area (Å²) >= 11 is 0. The van der Waals surface area contributed by atoms with Gasteiger partial charge in [0.25, 0.3) is 0 Å². The van der Waals surface area contributed by atoms with Crippen molar-refractivity contribution in [2.45, 2.75) is 6.42 Å². The largest absolute Gasteiger partial charge is 0.508 e. The zero-order valence-electron chi connectivity index (χ0n) is 7.88. The fourth-order valence-electron chi connectivity index (χ4n) is 1.25. The van der Waals surface area contributed by atoms with E-state index in [2.05, 4.69) is 4.98 Å². The van der Waals surface area contributed by atoms with Gasteiger partial charge in [-0.2, -0.15) is 0 Å². The third kappa shape index (κ3) is 2.22. The number of aldehydes is 1. The highest BCUT2D eigenvalue weighted by Crippen LogP contribution is 2.13. The van der Waals surface area contributed by atoms with Crippen LogP contribution in [0, 0.1) is 0 Å². The minimum absolute atomic E-state index is 0.222. The van der Waals surface area contributed by atoms with Crippen LogP contribution in [-0.2, 0) is 6.42 Å². The first-order valence-electron chi connectivity index (χ1n) is 4.45. The maximum atomic E-state index is 10.4. The Morgan fingerprint density at radius 3 is 2.67 bits per heavy atom. The zero-order chi connectivity index (χ0) is 10.7. The molecule has 0 spiro atoms. The molecule has 1 heterocycles. The molecule has 0 saturated heterocycles. The average molecular weight is 203 g/mol. The van der Waals surface area contributed by atoms with Crippen LogP contribution in [0.25, 0.3) is 0 Å². The van der Waals surface area contributed by atoms with Crippen LogP contribution in [0.1, 0.15) is 21.9 Å². The molecule has 0 amide bonds. The van der Waals surface area contributed by atoms with Gasteiger partial charge in [0.2, 0.25) is 0 Å². The number of oxazole rings is 1. The fraction of sp³-hybridized carbons (Fsp3) is 0.0909. The summed E-state index contributed by atoms with van der Waals surface area (Å²) in [4.78, 5) is 14.3. The van der Waals surface area contributed by atoms with Gasteiger partial charge in [-0.25, -0.2) is 4.98 Å². The second-order valence-electron chi connectivity index (χ2n) is 3.13. The zero-order valence-corrected chi connectivity index (χ0v) is 7.88. The van der Waals surface area contributed by atoms with Crippen molar-refractivity contribution in [1.29, 1.82) is 0 Å². The number of carbonyl (C=O) groups is 1. The minimum Gasteiger partial charge on any atom is -0.508 e. The van der Waals surface area contributed by atoms with Crippen LogP contribution in [0.15, 0.2) is 34.9 Å². The third-order valence-electron chi connectivity index (χ3n) is 1.98. The van der Waals surface area contributed by atoms with E-state index in [9.17, 15) is 4.79 Å². The number of carbonyl (C=O) groups excluding carboxylic acids is 1. The van der Waals surface area contributed by atoms with Crippen LogP contribution in [0.3, 0.4) is 0 Å². The van der Waals surface area contributed by atoms with Gasteiger partial charge in [-0.1, -0.05) is 12.1 Å². The lowest BCUT2D eigenvalue weighted by atomic mass is 10.1. The van der Waals surface area contributed by atoms with Gasteiger partial charge in [-0.15, -0.1) is 0 Å². The van der Waals surface area contributed by atoms with E-state index < -0.39 is 0 Å². The third-order valence-corrected chi connectivity index (χ3v) is 1.98. The lowest BCUT2D eigenvalue weighted by Crippen LogP contribution is -1.88. The second kappa shape index (κ2) is 3.96. The molecule has 0 aliphatic heterocycles. The van der Waals surface area contributed by atoms with Crippen LogP contribution >= 0.6 is 0 Å². The van der Waals surface area contributed by atoms with Gasteiger partial charge in [0.15, 0.2) is 12.2 Å². The molecule has 0 fully saturated rings. The van der Waals surface area contributed by atoms with Crippen molar-refractivity contribution in [1.82, 2.24) is 4.98 Å². The summed E-state index contributed by atoms with van der Waals surface area (Å²) in [5.74, 6) is 0.711. The van der Waals surface area contributed by atoms with E-state index in [1.54, 1.807) is 24.3 Å². The Balaban J connectivity index is 2.14. The molecule has 0 saturated carbocycles. The van der Waals surface area contributed by atoms with Crippen molar-refractivity contribution >= 4 is 6.29 Å². The van der Waals surface area contributed by atoms with Crippen molar-refractivity contribution in [3.05, 3.63) is 47.7 Å². The standard InChI is InChI=1S/C11H9NO3/c13-6-9-7-15-11(12-9)5-8-1-3-10(14)4-2-8/h1-4,6-7,14H,5H2. The first kappa shape index (κ1) is 9.45. The molecular formula is C11H9NO3. The number of hydrogen-bond acceptors (Lipinski definition) is 4.